The summed E-state index contributed by atoms with van der Waals surface area (Å²) in [5.41, 5.74) is 0.739. The lowest BCUT2D eigenvalue weighted by Crippen LogP contribution is -2.45. The maximum Gasteiger partial charge on any atom is 0.267 e. The van der Waals surface area contributed by atoms with Crippen LogP contribution in [0.3, 0.4) is 0 Å². The molecule has 5 nitrogen and oxygen atoms in total. The van der Waals surface area contributed by atoms with Crippen molar-refractivity contribution in [2.24, 2.45) is 0 Å². The Bertz CT molecular complexity index is 828. The Morgan fingerprint density at radius 1 is 1.32 bits per heavy atom. The highest BCUT2D eigenvalue weighted by Crippen LogP contribution is 2.33. The fraction of sp³-hybridized carbons (Fsp3) is 0.222. The van der Waals surface area contributed by atoms with Gasteiger partial charge in [-0.3, -0.25) is 9.59 Å². The summed E-state index contributed by atoms with van der Waals surface area (Å²) in [5.74, 6) is -0.495. The first-order valence-corrected chi connectivity index (χ1v) is 8.57. The van der Waals surface area contributed by atoms with Crippen molar-refractivity contribution >= 4 is 39.1 Å². The van der Waals surface area contributed by atoms with Crippen LogP contribution in [0.2, 0.25) is 0 Å². The van der Waals surface area contributed by atoms with Crippen LogP contribution in [-0.4, -0.2) is 24.5 Å². The highest BCUT2D eigenvalue weighted by atomic mass is 79.9. The average molecular weight is 407 g/mol. The summed E-state index contributed by atoms with van der Waals surface area (Å²) in [4.78, 5) is 26.0. The molecule has 25 heavy (non-hydrogen) atoms. The molecule has 0 saturated heterocycles. The van der Waals surface area contributed by atoms with Crippen molar-refractivity contribution in [3.63, 3.8) is 0 Å². The van der Waals surface area contributed by atoms with Crippen LogP contribution in [0.15, 0.2) is 46.9 Å². The molecule has 1 aliphatic heterocycles. The molecule has 130 valence electrons. The first-order chi connectivity index (χ1) is 12.0. The van der Waals surface area contributed by atoms with Crippen molar-refractivity contribution in [1.82, 2.24) is 0 Å². The van der Waals surface area contributed by atoms with Gasteiger partial charge < -0.3 is 15.0 Å². The molecule has 0 unspecified atom stereocenters. The third kappa shape index (κ3) is 3.82. The third-order valence-electron chi connectivity index (χ3n) is 3.84. The summed E-state index contributed by atoms with van der Waals surface area (Å²) in [5, 5.41) is 2.52. The van der Waals surface area contributed by atoms with Gasteiger partial charge in [0.1, 0.15) is 11.6 Å². The predicted octanol–water partition coefficient (Wildman–Crippen LogP) is 3.73. The summed E-state index contributed by atoms with van der Waals surface area (Å²) >= 11 is 3.16. The number of hydrogen-bond donors (Lipinski definition) is 1. The minimum absolute atomic E-state index is 0.0439. The van der Waals surface area contributed by atoms with E-state index in [1.165, 1.54) is 17.0 Å². The molecule has 0 bridgehead atoms. The molecule has 0 spiro atoms. The van der Waals surface area contributed by atoms with Gasteiger partial charge in [-0.25, -0.2) is 4.39 Å². The van der Waals surface area contributed by atoms with Crippen LogP contribution >= 0.6 is 15.9 Å². The van der Waals surface area contributed by atoms with E-state index < -0.39 is 11.9 Å². The molecule has 1 heterocycles. The number of rotatable bonds is 4. The molecule has 3 rings (SSSR count). The number of para-hydroxylation sites is 2. The van der Waals surface area contributed by atoms with Gasteiger partial charge in [-0.05, 0) is 37.3 Å². The number of carbonyl (C=O) groups excluding carboxylic acids is 2. The number of nitrogens with zero attached hydrogens (tertiary/aromatic N) is 1. The van der Waals surface area contributed by atoms with Crippen LogP contribution in [0.25, 0.3) is 0 Å². The molecule has 7 heteroatoms. The van der Waals surface area contributed by atoms with Gasteiger partial charge in [0, 0.05) is 17.4 Å². The molecule has 2 aromatic carbocycles. The standard InChI is InChI=1S/C18H16BrFN2O3/c1-11-18(24)22(15-4-2-3-5-16(15)25-11)9-8-17(23)21-14-7-6-12(19)10-13(14)20/h2-7,10-11H,8-9H2,1H3,(H,21,23)/t11-/m1/s1. The number of hydrogen-bond acceptors (Lipinski definition) is 3. The molecule has 0 radical (unpaired) electrons. The molecule has 1 N–H and O–H groups in total. The van der Waals surface area contributed by atoms with E-state index in [0.29, 0.717) is 15.9 Å². The van der Waals surface area contributed by atoms with Gasteiger partial charge in [0.05, 0.1) is 11.4 Å². The molecule has 0 aromatic heterocycles. The molecule has 2 aromatic rings. The predicted molar refractivity (Wildman–Crippen MR) is 96.2 cm³/mol. The van der Waals surface area contributed by atoms with Crippen LogP contribution in [0.5, 0.6) is 5.75 Å². The molecular formula is C18H16BrFN2O3. The van der Waals surface area contributed by atoms with Crippen LogP contribution in [0.4, 0.5) is 15.8 Å². The average Bonchev–Trinajstić information content (AvgIpc) is 2.58. The molecule has 1 atom stereocenters. The van der Waals surface area contributed by atoms with E-state index in [0.717, 1.165) is 0 Å². The van der Waals surface area contributed by atoms with E-state index in [1.54, 1.807) is 31.2 Å². The quantitative estimate of drug-likeness (QED) is 0.841. The number of fused-ring (bicyclic) bond motifs is 1. The Balaban J connectivity index is 1.68. The molecule has 0 fully saturated rings. The second kappa shape index (κ2) is 7.23. The van der Waals surface area contributed by atoms with E-state index in [-0.39, 0.29) is 30.5 Å². The lowest BCUT2D eigenvalue weighted by atomic mass is 10.1. The van der Waals surface area contributed by atoms with Crippen molar-refractivity contribution in [1.29, 1.82) is 0 Å². The zero-order valence-electron chi connectivity index (χ0n) is 13.5. The van der Waals surface area contributed by atoms with E-state index in [9.17, 15) is 14.0 Å². The zero-order chi connectivity index (χ0) is 18.0. The lowest BCUT2D eigenvalue weighted by molar-refractivity contribution is -0.125. The van der Waals surface area contributed by atoms with Crippen LogP contribution in [0.1, 0.15) is 13.3 Å². The third-order valence-corrected chi connectivity index (χ3v) is 4.33. The maximum atomic E-state index is 13.8. The summed E-state index contributed by atoms with van der Waals surface area (Å²) in [6, 6.07) is 11.6. The van der Waals surface area contributed by atoms with Gasteiger partial charge in [0.25, 0.3) is 5.91 Å². The van der Waals surface area contributed by atoms with Crippen molar-refractivity contribution in [3.05, 3.63) is 52.8 Å². The smallest absolute Gasteiger partial charge is 0.267 e. The van der Waals surface area contributed by atoms with Gasteiger partial charge >= 0.3 is 0 Å². The zero-order valence-corrected chi connectivity index (χ0v) is 15.0. The van der Waals surface area contributed by atoms with Gasteiger partial charge in [-0.15, -0.1) is 0 Å². The number of amides is 2. The minimum Gasteiger partial charge on any atom is -0.479 e. The Morgan fingerprint density at radius 3 is 2.84 bits per heavy atom. The minimum atomic E-state index is -0.609. The second-order valence-corrected chi connectivity index (χ2v) is 6.56. The Labute approximate surface area is 152 Å². The monoisotopic (exact) mass is 406 g/mol. The second-order valence-electron chi connectivity index (χ2n) is 5.64. The van der Waals surface area contributed by atoms with E-state index >= 15 is 0 Å². The topological polar surface area (TPSA) is 58.6 Å². The van der Waals surface area contributed by atoms with Crippen molar-refractivity contribution in [3.8, 4) is 5.75 Å². The molecule has 1 aliphatic rings. The maximum absolute atomic E-state index is 13.8. The number of benzene rings is 2. The van der Waals surface area contributed by atoms with Crippen LogP contribution < -0.4 is 15.0 Å². The van der Waals surface area contributed by atoms with Crippen molar-refractivity contribution in [2.45, 2.75) is 19.4 Å². The summed E-state index contributed by atoms with van der Waals surface area (Å²) in [6.07, 6.45) is -0.565. The lowest BCUT2D eigenvalue weighted by Gasteiger charge is -2.32. The van der Waals surface area contributed by atoms with E-state index in [1.807, 2.05) is 6.07 Å². The highest BCUT2D eigenvalue weighted by Gasteiger charge is 2.31. The number of anilines is 2. The number of nitrogens with one attached hydrogen (secondary N) is 1. The molecule has 2 amide bonds. The van der Waals surface area contributed by atoms with E-state index in [2.05, 4.69) is 21.2 Å². The van der Waals surface area contributed by atoms with E-state index in [4.69, 9.17) is 4.74 Å². The number of carbonyl (C=O) groups is 2. The summed E-state index contributed by atoms with van der Waals surface area (Å²) in [6.45, 7) is 1.86. The Hall–Kier alpha value is -2.41. The molecular weight excluding hydrogens is 391 g/mol. The first-order valence-electron chi connectivity index (χ1n) is 7.77. The molecule has 0 saturated carbocycles. The first kappa shape index (κ1) is 17.4. The fourth-order valence-corrected chi connectivity index (χ4v) is 2.94. The Kier molecular flexibility index (Phi) is 5.03. The summed E-state index contributed by atoms with van der Waals surface area (Å²) in [7, 11) is 0. The molecule has 0 aliphatic carbocycles. The highest BCUT2D eigenvalue weighted by molar-refractivity contribution is 9.10. The Morgan fingerprint density at radius 2 is 2.08 bits per heavy atom. The normalized spacial score (nSPS) is 16.2. The largest absolute Gasteiger partial charge is 0.479 e. The van der Waals surface area contributed by atoms with Crippen molar-refractivity contribution in [2.75, 3.05) is 16.8 Å². The van der Waals surface area contributed by atoms with Gasteiger partial charge in [-0.2, -0.15) is 0 Å². The number of halogens is 2. The van der Waals surface area contributed by atoms with Gasteiger partial charge in [0.2, 0.25) is 5.91 Å². The SMILES string of the molecule is C[C@H]1Oc2ccccc2N(CCC(=O)Nc2ccc(Br)cc2F)C1=O. The number of ether oxygens (including phenoxy) is 1. The van der Waals surface area contributed by atoms with Gasteiger partial charge in [-0.1, -0.05) is 28.1 Å². The van der Waals surface area contributed by atoms with Crippen LogP contribution in [-0.2, 0) is 9.59 Å². The fourth-order valence-electron chi connectivity index (χ4n) is 2.61. The van der Waals surface area contributed by atoms with Crippen molar-refractivity contribution < 1.29 is 18.7 Å². The van der Waals surface area contributed by atoms with Gasteiger partial charge in [0.15, 0.2) is 6.10 Å². The van der Waals surface area contributed by atoms with Crippen LogP contribution in [0, 0.1) is 5.82 Å². The summed E-state index contributed by atoms with van der Waals surface area (Å²) < 4.78 is 19.9.